The molecule has 0 unspecified atom stereocenters. The number of benzene rings is 1. The predicted molar refractivity (Wildman–Crippen MR) is 66.6 cm³/mol. The van der Waals surface area contributed by atoms with Crippen LogP contribution in [-0.2, 0) is 11.8 Å². The summed E-state index contributed by atoms with van der Waals surface area (Å²) in [6.07, 6.45) is 2.59. The largest absolute Gasteiger partial charge is 0.0587 e. The fourth-order valence-corrected chi connectivity index (χ4v) is 3.06. The summed E-state index contributed by atoms with van der Waals surface area (Å²) in [6, 6.07) is 4.66. The van der Waals surface area contributed by atoms with Crippen molar-refractivity contribution in [3.05, 3.63) is 34.4 Å². The first-order valence-electron chi connectivity index (χ1n) is 6.06. The molecule has 0 saturated carbocycles. The molecular weight excluding hydrogens is 180 g/mol. The monoisotopic (exact) mass is 202 g/mol. The van der Waals surface area contributed by atoms with Crippen LogP contribution in [0.15, 0.2) is 12.1 Å². The van der Waals surface area contributed by atoms with Gasteiger partial charge in [0, 0.05) is 0 Å². The first-order chi connectivity index (χ1) is 6.93. The van der Waals surface area contributed by atoms with Crippen LogP contribution in [0.3, 0.4) is 0 Å². The zero-order chi connectivity index (χ0) is 11.2. The summed E-state index contributed by atoms with van der Waals surface area (Å²) >= 11 is 0. The van der Waals surface area contributed by atoms with Gasteiger partial charge in [0.2, 0.25) is 0 Å². The molecule has 0 spiro atoms. The zero-order valence-electron chi connectivity index (χ0n) is 10.6. The van der Waals surface area contributed by atoms with Crippen molar-refractivity contribution in [2.24, 2.45) is 0 Å². The van der Waals surface area contributed by atoms with Gasteiger partial charge in [0.05, 0.1) is 0 Å². The number of aryl methyl sites for hydroxylation is 1. The fraction of sp³-hybridized carbons (Fsp3) is 0.600. The fourth-order valence-electron chi connectivity index (χ4n) is 3.06. The van der Waals surface area contributed by atoms with Gasteiger partial charge in [-0.1, -0.05) is 39.8 Å². The van der Waals surface area contributed by atoms with E-state index in [1.165, 1.54) is 18.4 Å². The van der Waals surface area contributed by atoms with E-state index in [2.05, 4.69) is 46.8 Å². The first-order valence-corrected chi connectivity index (χ1v) is 6.06. The van der Waals surface area contributed by atoms with E-state index < -0.39 is 0 Å². The molecule has 0 amide bonds. The van der Waals surface area contributed by atoms with Crippen LogP contribution in [-0.4, -0.2) is 0 Å². The van der Waals surface area contributed by atoms with E-state index in [4.69, 9.17) is 0 Å². The maximum Gasteiger partial charge on any atom is -0.00976 e. The Hall–Kier alpha value is -0.780. The van der Waals surface area contributed by atoms with Gasteiger partial charge in [0.1, 0.15) is 0 Å². The highest BCUT2D eigenvalue weighted by Crippen LogP contribution is 2.42. The van der Waals surface area contributed by atoms with E-state index in [0.29, 0.717) is 11.3 Å². The van der Waals surface area contributed by atoms with Gasteiger partial charge in [-0.3, -0.25) is 0 Å². The van der Waals surface area contributed by atoms with Crippen molar-refractivity contribution in [1.82, 2.24) is 0 Å². The normalized spacial score (nSPS) is 18.3. The molecule has 0 saturated heterocycles. The third-order valence-electron chi connectivity index (χ3n) is 3.88. The van der Waals surface area contributed by atoms with Gasteiger partial charge in [-0.2, -0.15) is 0 Å². The summed E-state index contributed by atoms with van der Waals surface area (Å²) in [6.45, 7) is 11.6. The van der Waals surface area contributed by atoms with Gasteiger partial charge in [-0.05, 0) is 53.4 Å². The van der Waals surface area contributed by atoms with Gasteiger partial charge in [-0.25, -0.2) is 0 Å². The minimum Gasteiger partial charge on any atom is -0.0587 e. The second-order valence-corrected chi connectivity index (χ2v) is 5.86. The molecule has 1 aromatic rings. The second kappa shape index (κ2) is 3.37. The molecule has 2 rings (SSSR count). The molecule has 0 heteroatoms. The van der Waals surface area contributed by atoms with E-state index in [9.17, 15) is 0 Å². The molecule has 0 aliphatic heterocycles. The SMILES string of the molecule is Cc1ccc2c(c1C(C)C)CCC2(C)C. The van der Waals surface area contributed by atoms with Crippen molar-refractivity contribution in [2.75, 3.05) is 0 Å². The van der Waals surface area contributed by atoms with Crippen molar-refractivity contribution in [3.63, 3.8) is 0 Å². The molecule has 0 N–H and O–H groups in total. The van der Waals surface area contributed by atoms with Crippen LogP contribution in [0, 0.1) is 6.92 Å². The maximum absolute atomic E-state index is 2.37. The Morgan fingerprint density at radius 3 is 2.47 bits per heavy atom. The lowest BCUT2D eigenvalue weighted by molar-refractivity contribution is 0.522. The number of hydrogen-bond donors (Lipinski definition) is 0. The molecule has 0 aromatic heterocycles. The Kier molecular flexibility index (Phi) is 2.41. The number of hydrogen-bond acceptors (Lipinski definition) is 0. The van der Waals surface area contributed by atoms with Crippen molar-refractivity contribution in [1.29, 1.82) is 0 Å². The Labute approximate surface area is 93.7 Å². The summed E-state index contributed by atoms with van der Waals surface area (Å²) in [5, 5.41) is 0. The van der Waals surface area contributed by atoms with Crippen LogP contribution in [0.25, 0.3) is 0 Å². The molecule has 0 bridgehead atoms. The lowest BCUT2D eigenvalue weighted by Gasteiger charge is -2.21. The predicted octanol–water partition coefficient (Wildman–Crippen LogP) is 4.34. The average Bonchev–Trinajstić information content (AvgIpc) is 2.41. The van der Waals surface area contributed by atoms with Gasteiger partial charge in [0.15, 0.2) is 0 Å². The third-order valence-corrected chi connectivity index (χ3v) is 3.88. The summed E-state index contributed by atoms with van der Waals surface area (Å²) < 4.78 is 0. The molecule has 1 aromatic carbocycles. The van der Waals surface area contributed by atoms with Gasteiger partial charge >= 0.3 is 0 Å². The highest BCUT2D eigenvalue weighted by molar-refractivity contribution is 5.48. The molecule has 0 nitrogen and oxygen atoms in total. The average molecular weight is 202 g/mol. The standard InChI is InChI=1S/C15H22/c1-10(2)14-11(3)6-7-13-12(14)8-9-15(13,4)5/h6-7,10H,8-9H2,1-5H3. The topological polar surface area (TPSA) is 0 Å². The van der Waals surface area contributed by atoms with Crippen molar-refractivity contribution in [3.8, 4) is 0 Å². The van der Waals surface area contributed by atoms with Crippen LogP contribution in [0.4, 0.5) is 0 Å². The molecule has 82 valence electrons. The molecule has 0 heterocycles. The van der Waals surface area contributed by atoms with Crippen LogP contribution in [0.1, 0.15) is 62.3 Å². The first kappa shape index (κ1) is 10.7. The second-order valence-electron chi connectivity index (χ2n) is 5.86. The van der Waals surface area contributed by atoms with Crippen LogP contribution < -0.4 is 0 Å². The quantitative estimate of drug-likeness (QED) is 0.635. The summed E-state index contributed by atoms with van der Waals surface area (Å²) in [5.41, 5.74) is 6.72. The molecule has 0 fully saturated rings. The Bertz CT molecular complexity index is 383. The Morgan fingerprint density at radius 2 is 1.87 bits per heavy atom. The van der Waals surface area contributed by atoms with E-state index in [1.54, 1.807) is 16.7 Å². The molecule has 15 heavy (non-hydrogen) atoms. The molecule has 0 radical (unpaired) electrons. The highest BCUT2D eigenvalue weighted by Gasteiger charge is 2.31. The highest BCUT2D eigenvalue weighted by atomic mass is 14.4. The summed E-state index contributed by atoms with van der Waals surface area (Å²) in [4.78, 5) is 0. The number of rotatable bonds is 1. The molecule has 1 aliphatic carbocycles. The molecule has 1 aliphatic rings. The smallest absolute Gasteiger partial charge is 0.00976 e. The Balaban J connectivity index is 2.64. The maximum atomic E-state index is 2.37. The third kappa shape index (κ3) is 1.60. The molecular formula is C15H22. The lowest BCUT2D eigenvalue weighted by Crippen LogP contribution is -2.12. The van der Waals surface area contributed by atoms with Gasteiger partial charge in [0.25, 0.3) is 0 Å². The Morgan fingerprint density at radius 1 is 1.20 bits per heavy atom. The van der Waals surface area contributed by atoms with E-state index in [-0.39, 0.29) is 0 Å². The zero-order valence-corrected chi connectivity index (χ0v) is 10.6. The number of fused-ring (bicyclic) bond motifs is 1. The van der Waals surface area contributed by atoms with Crippen molar-refractivity contribution in [2.45, 2.75) is 58.8 Å². The van der Waals surface area contributed by atoms with Gasteiger partial charge in [-0.15, -0.1) is 0 Å². The van der Waals surface area contributed by atoms with Gasteiger partial charge < -0.3 is 0 Å². The van der Waals surface area contributed by atoms with Crippen molar-refractivity contribution < 1.29 is 0 Å². The summed E-state index contributed by atoms with van der Waals surface area (Å²) in [5.74, 6) is 0.661. The van der Waals surface area contributed by atoms with Crippen LogP contribution in [0.5, 0.6) is 0 Å². The van der Waals surface area contributed by atoms with E-state index in [1.807, 2.05) is 0 Å². The minimum absolute atomic E-state index is 0.396. The van der Waals surface area contributed by atoms with Crippen molar-refractivity contribution >= 4 is 0 Å². The summed E-state index contributed by atoms with van der Waals surface area (Å²) in [7, 11) is 0. The van der Waals surface area contributed by atoms with Crippen LogP contribution in [0.2, 0.25) is 0 Å². The minimum atomic E-state index is 0.396. The van der Waals surface area contributed by atoms with E-state index >= 15 is 0 Å². The molecule has 0 atom stereocenters. The van der Waals surface area contributed by atoms with Crippen LogP contribution >= 0.6 is 0 Å². The van der Waals surface area contributed by atoms with E-state index in [0.717, 1.165) is 0 Å². The lowest BCUT2D eigenvalue weighted by atomic mass is 9.83.